The van der Waals surface area contributed by atoms with E-state index in [1.165, 1.54) is 12.8 Å². The molecule has 0 saturated heterocycles. The van der Waals surface area contributed by atoms with Crippen LogP contribution in [-0.4, -0.2) is 19.7 Å². The molecule has 128 valence electrons. The minimum absolute atomic E-state index is 0.292. The zero-order valence-electron chi connectivity index (χ0n) is 13.9. The molecule has 3 rings (SSSR count). The number of ether oxygens (including phenoxy) is 2. The van der Waals surface area contributed by atoms with Gasteiger partial charge in [0.15, 0.2) is 11.5 Å². The van der Waals surface area contributed by atoms with E-state index in [-0.39, 0.29) is 0 Å². The SMILES string of the molecule is COc1ccc(C2(C#N)CCCC(C(=O)[O-])C2)cc1OCC1CC1. The Morgan fingerprint density at radius 2 is 2.17 bits per heavy atom. The smallest absolute Gasteiger partial charge is 0.161 e. The van der Waals surface area contributed by atoms with E-state index < -0.39 is 17.3 Å². The molecule has 2 unspecified atom stereocenters. The first-order valence-electron chi connectivity index (χ1n) is 8.51. The Morgan fingerprint density at radius 1 is 1.38 bits per heavy atom. The van der Waals surface area contributed by atoms with Crippen molar-refractivity contribution in [2.75, 3.05) is 13.7 Å². The van der Waals surface area contributed by atoms with Gasteiger partial charge >= 0.3 is 0 Å². The Morgan fingerprint density at radius 3 is 2.79 bits per heavy atom. The number of carboxylic acids is 1. The van der Waals surface area contributed by atoms with Crippen molar-refractivity contribution in [2.45, 2.75) is 43.9 Å². The second-order valence-electron chi connectivity index (χ2n) is 6.93. The minimum Gasteiger partial charge on any atom is -0.550 e. The summed E-state index contributed by atoms with van der Waals surface area (Å²) in [6.07, 6.45) is 4.61. The molecule has 0 aromatic heterocycles. The molecule has 0 spiro atoms. The molecular weight excluding hydrogens is 306 g/mol. The maximum absolute atomic E-state index is 11.3. The first kappa shape index (κ1) is 16.6. The zero-order valence-corrected chi connectivity index (χ0v) is 13.9. The maximum Gasteiger partial charge on any atom is 0.161 e. The van der Waals surface area contributed by atoms with Gasteiger partial charge in [0.05, 0.1) is 25.2 Å². The van der Waals surface area contributed by atoms with Gasteiger partial charge in [-0.15, -0.1) is 0 Å². The Kier molecular flexibility index (Phi) is 4.66. The predicted octanol–water partition coefficient (Wildman–Crippen LogP) is 2.19. The van der Waals surface area contributed by atoms with Crippen molar-refractivity contribution in [3.8, 4) is 17.6 Å². The molecule has 2 aliphatic carbocycles. The van der Waals surface area contributed by atoms with E-state index in [0.29, 0.717) is 49.7 Å². The van der Waals surface area contributed by atoms with Gasteiger partial charge in [0.1, 0.15) is 0 Å². The van der Waals surface area contributed by atoms with Crippen molar-refractivity contribution in [1.82, 2.24) is 0 Å². The van der Waals surface area contributed by atoms with E-state index in [0.717, 1.165) is 5.56 Å². The Bertz CT molecular complexity index is 662. The van der Waals surface area contributed by atoms with Crippen molar-refractivity contribution in [3.63, 3.8) is 0 Å². The minimum atomic E-state index is -1.06. The van der Waals surface area contributed by atoms with Crippen LogP contribution in [0.5, 0.6) is 11.5 Å². The quantitative estimate of drug-likeness (QED) is 0.799. The summed E-state index contributed by atoms with van der Waals surface area (Å²) < 4.78 is 11.2. The number of hydrogen-bond donors (Lipinski definition) is 0. The van der Waals surface area contributed by atoms with E-state index in [4.69, 9.17) is 9.47 Å². The van der Waals surface area contributed by atoms with Gasteiger partial charge in [-0.05, 0) is 55.7 Å². The predicted molar refractivity (Wildman–Crippen MR) is 85.5 cm³/mol. The summed E-state index contributed by atoms with van der Waals surface area (Å²) in [5.41, 5.74) is 0.00925. The number of carbonyl (C=O) groups excluding carboxylic acids is 1. The lowest BCUT2D eigenvalue weighted by Crippen LogP contribution is -2.40. The number of benzene rings is 1. The number of carbonyl (C=O) groups is 1. The van der Waals surface area contributed by atoms with Crippen LogP contribution in [0.25, 0.3) is 0 Å². The van der Waals surface area contributed by atoms with E-state index >= 15 is 0 Å². The fraction of sp³-hybridized carbons (Fsp3) is 0.579. The highest BCUT2D eigenvalue weighted by Gasteiger charge is 2.39. The summed E-state index contributed by atoms with van der Waals surface area (Å²) in [5.74, 6) is 0.247. The van der Waals surface area contributed by atoms with Gasteiger partial charge in [0.2, 0.25) is 0 Å². The van der Waals surface area contributed by atoms with Crippen LogP contribution in [0.1, 0.15) is 44.1 Å². The van der Waals surface area contributed by atoms with E-state index in [9.17, 15) is 15.2 Å². The van der Waals surface area contributed by atoms with E-state index in [2.05, 4.69) is 6.07 Å². The maximum atomic E-state index is 11.3. The van der Waals surface area contributed by atoms with Gasteiger partial charge in [-0.1, -0.05) is 12.5 Å². The second-order valence-corrected chi connectivity index (χ2v) is 6.93. The standard InChI is InChI=1S/C19H23NO4/c1-23-16-7-6-15(9-17(16)24-11-13-4-5-13)19(12-20)8-2-3-14(10-19)18(21)22/h6-7,9,13-14H,2-5,8,10-11H2,1H3,(H,21,22)/p-1. The highest BCUT2D eigenvalue weighted by atomic mass is 16.5. The van der Waals surface area contributed by atoms with Crippen molar-refractivity contribution in [3.05, 3.63) is 23.8 Å². The third kappa shape index (κ3) is 3.33. The molecule has 5 nitrogen and oxygen atoms in total. The van der Waals surface area contributed by atoms with Gasteiger partial charge in [-0.3, -0.25) is 0 Å². The fourth-order valence-electron chi connectivity index (χ4n) is 3.48. The normalized spacial score (nSPS) is 26.4. The van der Waals surface area contributed by atoms with Crippen LogP contribution in [0.4, 0.5) is 0 Å². The van der Waals surface area contributed by atoms with Crippen molar-refractivity contribution in [2.24, 2.45) is 11.8 Å². The fourth-order valence-corrected chi connectivity index (χ4v) is 3.48. The van der Waals surface area contributed by atoms with Gasteiger partial charge in [-0.2, -0.15) is 5.26 Å². The molecular formula is C19H22NO4-. The number of rotatable bonds is 6. The Labute approximate surface area is 142 Å². The molecule has 0 aliphatic heterocycles. The summed E-state index contributed by atoms with van der Waals surface area (Å²) in [6.45, 7) is 0.654. The van der Waals surface area contributed by atoms with Gasteiger partial charge in [0, 0.05) is 11.9 Å². The Hall–Kier alpha value is -2.22. The first-order valence-corrected chi connectivity index (χ1v) is 8.51. The summed E-state index contributed by atoms with van der Waals surface area (Å²) in [5, 5.41) is 21.1. The third-order valence-corrected chi connectivity index (χ3v) is 5.19. The summed E-state index contributed by atoms with van der Waals surface area (Å²) in [6, 6.07) is 7.88. The van der Waals surface area contributed by atoms with E-state index in [1.54, 1.807) is 13.2 Å². The molecule has 2 fully saturated rings. The largest absolute Gasteiger partial charge is 0.550 e. The highest BCUT2D eigenvalue weighted by molar-refractivity contribution is 5.68. The summed E-state index contributed by atoms with van der Waals surface area (Å²) >= 11 is 0. The van der Waals surface area contributed by atoms with Crippen LogP contribution in [-0.2, 0) is 10.2 Å². The monoisotopic (exact) mass is 328 g/mol. The number of aliphatic carboxylic acids is 1. The lowest BCUT2D eigenvalue weighted by molar-refractivity contribution is -0.312. The van der Waals surface area contributed by atoms with Gasteiger partial charge in [-0.25, -0.2) is 0 Å². The average molecular weight is 328 g/mol. The molecule has 1 aromatic carbocycles. The topological polar surface area (TPSA) is 82.4 Å². The number of nitriles is 1. The first-order chi connectivity index (χ1) is 11.6. The molecule has 0 amide bonds. The molecule has 1 aromatic rings. The van der Waals surface area contributed by atoms with Crippen LogP contribution >= 0.6 is 0 Å². The van der Waals surface area contributed by atoms with Crippen molar-refractivity contribution < 1.29 is 19.4 Å². The lowest BCUT2D eigenvalue weighted by Gasteiger charge is -2.36. The van der Waals surface area contributed by atoms with Crippen molar-refractivity contribution in [1.29, 1.82) is 5.26 Å². The van der Waals surface area contributed by atoms with Crippen LogP contribution < -0.4 is 14.6 Å². The van der Waals surface area contributed by atoms with Crippen LogP contribution in [0.15, 0.2) is 18.2 Å². The van der Waals surface area contributed by atoms with Crippen LogP contribution in [0, 0.1) is 23.2 Å². The number of carboxylic acid groups (broad SMARTS) is 1. The second kappa shape index (κ2) is 6.72. The van der Waals surface area contributed by atoms with E-state index in [1.807, 2.05) is 12.1 Å². The Balaban J connectivity index is 1.89. The molecule has 5 heteroatoms. The highest BCUT2D eigenvalue weighted by Crippen LogP contribution is 2.44. The number of methoxy groups -OCH3 is 1. The zero-order chi connectivity index (χ0) is 17.2. The summed E-state index contributed by atoms with van der Waals surface area (Å²) in [4.78, 5) is 11.3. The molecule has 0 heterocycles. The van der Waals surface area contributed by atoms with Crippen LogP contribution in [0.3, 0.4) is 0 Å². The van der Waals surface area contributed by atoms with Gasteiger partial charge < -0.3 is 19.4 Å². The molecule has 24 heavy (non-hydrogen) atoms. The molecule has 0 N–H and O–H groups in total. The van der Waals surface area contributed by atoms with Gasteiger partial charge in [0.25, 0.3) is 0 Å². The molecule has 0 radical (unpaired) electrons. The average Bonchev–Trinajstić information content (AvgIpc) is 3.44. The van der Waals surface area contributed by atoms with Crippen LogP contribution in [0.2, 0.25) is 0 Å². The molecule has 0 bridgehead atoms. The number of nitrogens with zero attached hydrogens (tertiary/aromatic N) is 1. The number of hydrogen-bond acceptors (Lipinski definition) is 5. The molecule has 2 saturated carbocycles. The molecule has 2 atom stereocenters. The van der Waals surface area contributed by atoms with Crippen molar-refractivity contribution >= 4 is 5.97 Å². The third-order valence-electron chi connectivity index (χ3n) is 5.19. The lowest BCUT2D eigenvalue weighted by atomic mass is 9.66. The molecule has 2 aliphatic rings. The summed E-state index contributed by atoms with van der Waals surface area (Å²) in [7, 11) is 1.59.